The minimum Gasteiger partial charge on any atom is -0.466 e. The molecule has 0 aliphatic carbocycles. The molecule has 10 heteroatoms. The molecule has 0 aliphatic heterocycles. The summed E-state index contributed by atoms with van der Waals surface area (Å²) in [5, 5.41) is 3.48. The second kappa shape index (κ2) is 6.60. The summed E-state index contributed by atoms with van der Waals surface area (Å²) in [5.74, 6) is -3.72. The number of furan rings is 1. The minimum atomic E-state index is -5.24. The fourth-order valence-electron chi connectivity index (χ4n) is 1.81. The van der Waals surface area contributed by atoms with Gasteiger partial charge in [-0.25, -0.2) is 9.78 Å². The predicted molar refractivity (Wildman–Crippen MR) is 74.8 cm³/mol. The first kappa shape index (κ1) is 17.3. The van der Waals surface area contributed by atoms with Crippen LogP contribution in [-0.4, -0.2) is 35.8 Å². The third-order valence-corrected chi connectivity index (χ3v) is 2.94. The highest BCUT2D eigenvalue weighted by atomic mass is 19.4. The predicted octanol–water partition coefficient (Wildman–Crippen LogP) is 1.95. The van der Waals surface area contributed by atoms with Crippen LogP contribution in [0.5, 0.6) is 0 Å². The van der Waals surface area contributed by atoms with E-state index in [2.05, 4.69) is 9.72 Å². The Labute approximate surface area is 133 Å². The fraction of sp³-hybridized carbons (Fsp3) is 0.214. The number of nitrogens with zero attached hydrogens (tertiary/aromatic N) is 1. The topological polar surface area (TPSA) is 93.5 Å². The average Bonchev–Trinajstić information content (AvgIpc) is 3.07. The summed E-state index contributed by atoms with van der Waals surface area (Å²) in [7, 11) is 0.766. The van der Waals surface area contributed by atoms with E-state index in [0.717, 1.165) is 19.4 Å². The van der Waals surface area contributed by atoms with E-state index in [1.807, 2.05) is 5.32 Å². The van der Waals surface area contributed by atoms with Crippen molar-refractivity contribution in [2.24, 2.45) is 0 Å². The van der Waals surface area contributed by atoms with Gasteiger partial charge in [-0.05, 0) is 24.3 Å². The number of carbonyl (C=O) groups is 2. The molecule has 7 nitrogen and oxygen atoms in total. The summed E-state index contributed by atoms with van der Waals surface area (Å²) in [5.41, 5.74) is -3.54. The van der Waals surface area contributed by atoms with Gasteiger partial charge in [0.15, 0.2) is 5.76 Å². The van der Waals surface area contributed by atoms with Crippen LogP contribution in [0.2, 0.25) is 0 Å². The molecule has 0 saturated carbocycles. The normalized spacial score (nSPS) is 13.7. The standard InChI is InChI=1S/C14H12F3N3O4/c1-23-12(22)13(14(15,16)17,19-10-6-2-3-7-18-10)20-11(21)9-5-4-8-24-9/h2-8H,1H3,(H,18,19)(H,20,21). The molecule has 2 aromatic heterocycles. The van der Waals surface area contributed by atoms with E-state index >= 15 is 0 Å². The van der Waals surface area contributed by atoms with Crippen LogP contribution in [0.25, 0.3) is 0 Å². The molecule has 0 fully saturated rings. The number of alkyl halides is 3. The van der Waals surface area contributed by atoms with E-state index < -0.39 is 29.5 Å². The first-order chi connectivity index (χ1) is 11.3. The largest absolute Gasteiger partial charge is 0.466 e. The zero-order chi connectivity index (χ0) is 17.8. The summed E-state index contributed by atoms with van der Waals surface area (Å²) in [6, 6.07) is 6.54. The maximum Gasteiger partial charge on any atom is 0.441 e. The smallest absolute Gasteiger partial charge is 0.441 e. The molecule has 1 amide bonds. The first-order valence-electron chi connectivity index (χ1n) is 6.50. The second-order valence-electron chi connectivity index (χ2n) is 4.51. The van der Waals surface area contributed by atoms with Crippen LogP contribution in [0.1, 0.15) is 10.6 Å². The monoisotopic (exact) mass is 343 g/mol. The van der Waals surface area contributed by atoms with Crippen LogP contribution in [0.4, 0.5) is 19.0 Å². The number of hydrogen-bond acceptors (Lipinski definition) is 6. The van der Waals surface area contributed by atoms with E-state index in [1.54, 1.807) is 5.32 Å². The number of ether oxygens (including phenoxy) is 1. The molecule has 0 radical (unpaired) electrons. The number of rotatable bonds is 5. The molecule has 0 saturated heterocycles. The number of halogens is 3. The van der Waals surface area contributed by atoms with E-state index in [9.17, 15) is 22.8 Å². The van der Waals surface area contributed by atoms with Crippen molar-refractivity contribution in [2.45, 2.75) is 11.8 Å². The number of carbonyl (C=O) groups excluding carboxylic acids is 2. The van der Waals surface area contributed by atoms with Crippen molar-refractivity contribution >= 4 is 17.7 Å². The number of esters is 1. The van der Waals surface area contributed by atoms with Crippen molar-refractivity contribution in [1.82, 2.24) is 10.3 Å². The van der Waals surface area contributed by atoms with Crippen molar-refractivity contribution in [1.29, 1.82) is 0 Å². The minimum absolute atomic E-state index is 0.292. The molecule has 2 heterocycles. The van der Waals surface area contributed by atoms with Gasteiger partial charge in [-0.3, -0.25) is 4.79 Å². The third kappa shape index (κ3) is 3.31. The van der Waals surface area contributed by atoms with Crippen LogP contribution in [-0.2, 0) is 9.53 Å². The lowest BCUT2D eigenvalue weighted by molar-refractivity contribution is -0.203. The van der Waals surface area contributed by atoms with Crippen LogP contribution < -0.4 is 10.6 Å². The number of anilines is 1. The quantitative estimate of drug-likeness (QED) is 0.637. The lowest BCUT2D eigenvalue weighted by atomic mass is 10.1. The van der Waals surface area contributed by atoms with Gasteiger partial charge in [0.2, 0.25) is 0 Å². The third-order valence-electron chi connectivity index (χ3n) is 2.94. The van der Waals surface area contributed by atoms with Crippen molar-refractivity contribution in [2.75, 3.05) is 12.4 Å². The van der Waals surface area contributed by atoms with Gasteiger partial charge in [-0.1, -0.05) is 6.07 Å². The zero-order valence-corrected chi connectivity index (χ0v) is 12.3. The summed E-state index contributed by atoms with van der Waals surface area (Å²) in [4.78, 5) is 27.6. The SMILES string of the molecule is COC(=O)C(NC(=O)c1ccco1)(Nc1ccccn1)C(F)(F)F. The molecule has 1 unspecified atom stereocenters. The average molecular weight is 343 g/mol. The van der Waals surface area contributed by atoms with E-state index in [-0.39, 0.29) is 5.82 Å². The number of aromatic nitrogens is 1. The number of methoxy groups -OCH3 is 1. The van der Waals surface area contributed by atoms with Crippen molar-refractivity contribution in [3.05, 3.63) is 48.6 Å². The van der Waals surface area contributed by atoms with Crippen molar-refractivity contribution in [3.63, 3.8) is 0 Å². The van der Waals surface area contributed by atoms with Crippen LogP contribution in [0, 0.1) is 0 Å². The van der Waals surface area contributed by atoms with E-state index in [1.165, 1.54) is 30.5 Å². The Morgan fingerprint density at radius 1 is 1.21 bits per heavy atom. The van der Waals surface area contributed by atoms with Crippen LogP contribution >= 0.6 is 0 Å². The Morgan fingerprint density at radius 2 is 1.96 bits per heavy atom. The van der Waals surface area contributed by atoms with Crippen LogP contribution in [0.15, 0.2) is 47.2 Å². The van der Waals surface area contributed by atoms with Gasteiger partial charge in [0.25, 0.3) is 5.91 Å². The van der Waals surface area contributed by atoms with Gasteiger partial charge in [0.1, 0.15) is 5.82 Å². The van der Waals surface area contributed by atoms with Gasteiger partial charge >= 0.3 is 17.8 Å². The highest BCUT2D eigenvalue weighted by Crippen LogP contribution is 2.32. The molecule has 24 heavy (non-hydrogen) atoms. The Kier molecular flexibility index (Phi) is 4.77. The van der Waals surface area contributed by atoms with Gasteiger partial charge in [0, 0.05) is 6.20 Å². The molecule has 2 rings (SSSR count). The number of nitrogens with one attached hydrogen (secondary N) is 2. The zero-order valence-electron chi connectivity index (χ0n) is 12.3. The Bertz CT molecular complexity index is 704. The Balaban J connectivity index is 2.45. The Morgan fingerprint density at radius 3 is 2.46 bits per heavy atom. The van der Waals surface area contributed by atoms with Crippen molar-refractivity contribution in [3.8, 4) is 0 Å². The Hall–Kier alpha value is -3.04. The number of hydrogen-bond donors (Lipinski definition) is 2. The first-order valence-corrected chi connectivity index (χ1v) is 6.50. The number of amides is 1. The van der Waals surface area contributed by atoms with Crippen LogP contribution in [0.3, 0.4) is 0 Å². The summed E-state index contributed by atoms with van der Waals surface area (Å²) >= 11 is 0. The molecular formula is C14H12F3N3O4. The lowest BCUT2D eigenvalue weighted by Gasteiger charge is -2.34. The molecule has 1 atom stereocenters. The number of pyridine rings is 1. The summed E-state index contributed by atoms with van der Waals surface area (Å²) < 4.78 is 50.0. The molecule has 2 N–H and O–H groups in total. The highest BCUT2D eigenvalue weighted by molar-refractivity contribution is 5.97. The van der Waals surface area contributed by atoms with E-state index in [0.29, 0.717) is 0 Å². The van der Waals surface area contributed by atoms with E-state index in [4.69, 9.17) is 4.42 Å². The molecular weight excluding hydrogens is 331 g/mol. The molecule has 0 spiro atoms. The van der Waals surface area contributed by atoms with Crippen molar-refractivity contribution < 1.29 is 31.9 Å². The summed E-state index contributed by atoms with van der Waals surface area (Å²) in [6.45, 7) is 0. The van der Waals surface area contributed by atoms with Gasteiger partial charge in [-0.15, -0.1) is 0 Å². The molecule has 0 aliphatic rings. The molecule has 0 bridgehead atoms. The fourth-order valence-corrected chi connectivity index (χ4v) is 1.81. The lowest BCUT2D eigenvalue weighted by Crippen LogP contribution is -2.69. The molecule has 2 aromatic rings. The maximum atomic E-state index is 13.7. The summed E-state index contributed by atoms with van der Waals surface area (Å²) in [6.07, 6.45) is -2.91. The molecule has 0 aromatic carbocycles. The second-order valence-corrected chi connectivity index (χ2v) is 4.51. The van der Waals surface area contributed by atoms with Gasteiger partial charge < -0.3 is 19.8 Å². The maximum absolute atomic E-state index is 13.7. The molecule has 128 valence electrons. The highest BCUT2D eigenvalue weighted by Gasteiger charge is 2.64. The van der Waals surface area contributed by atoms with Gasteiger partial charge in [-0.2, -0.15) is 13.2 Å². The van der Waals surface area contributed by atoms with Gasteiger partial charge in [0.05, 0.1) is 13.4 Å².